The van der Waals surface area contributed by atoms with Gasteiger partial charge in [-0.25, -0.2) is 0 Å². The molecule has 0 heterocycles. The zero-order valence-electron chi connectivity index (χ0n) is 10.4. The van der Waals surface area contributed by atoms with Crippen LogP contribution in [0.3, 0.4) is 0 Å². The predicted molar refractivity (Wildman–Crippen MR) is 69.8 cm³/mol. The molecule has 0 aromatic heterocycles. The van der Waals surface area contributed by atoms with Gasteiger partial charge in [-0.2, -0.15) is 0 Å². The number of benzene rings is 1. The number of aliphatic hydroxyl groups is 1. The summed E-state index contributed by atoms with van der Waals surface area (Å²) < 4.78 is 5.43. The molecule has 0 bridgehead atoms. The van der Waals surface area contributed by atoms with Crippen LogP contribution in [0.5, 0.6) is 0 Å². The number of rotatable bonds is 8. The van der Waals surface area contributed by atoms with Gasteiger partial charge in [0.25, 0.3) is 0 Å². The first-order valence-corrected chi connectivity index (χ1v) is 5.83. The second kappa shape index (κ2) is 8.01. The van der Waals surface area contributed by atoms with Gasteiger partial charge in [0.05, 0.1) is 19.3 Å². The van der Waals surface area contributed by atoms with E-state index in [2.05, 4.69) is 11.9 Å². The highest BCUT2D eigenvalue weighted by atomic mass is 16.5. The molecule has 0 saturated heterocycles. The van der Waals surface area contributed by atoms with Gasteiger partial charge in [-0.3, -0.25) is 0 Å². The van der Waals surface area contributed by atoms with Gasteiger partial charge in [0.2, 0.25) is 0 Å². The second-order valence-electron chi connectivity index (χ2n) is 4.24. The smallest absolute Gasteiger partial charge is 0.0897 e. The first-order chi connectivity index (χ1) is 8.18. The summed E-state index contributed by atoms with van der Waals surface area (Å²) >= 11 is 0. The highest BCUT2D eigenvalue weighted by Crippen LogP contribution is 2.00. The van der Waals surface area contributed by atoms with Crippen molar-refractivity contribution in [1.29, 1.82) is 0 Å². The van der Waals surface area contributed by atoms with Crippen LogP contribution in [0.4, 0.5) is 0 Å². The van der Waals surface area contributed by atoms with Crippen molar-refractivity contribution in [3.63, 3.8) is 0 Å². The van der Waals surface area contributed by atoms with Crippen molar-refractivity contribution < 1.29 is 9.84 Å². The van der Waals surface area contributed by atoms with Gasteiger partial charge in [-0.05, 0) is 12.5 Å². The van der Waals surface area contributed by atoms with Crippen LogP contribution in [0.15, 0.2) is 42.5 Å². The van der Waals surface area contributed by atoms with Crippen LogP contribution in [0, 0.1) is 0 Å². The van der Waals surface area contributed by atoms with E-state index in [-0.39, 0.29) is 0 Å². The van der Waals surface area contributed by atoms with Gasteiger partial charge in [0.15, 0.2) is 0 Å². The molecular weight excluding hydrogens is 214 g/mol. The molecule has 0 aliphatic heterocycles. The van der Waals surface area contributed by atoms with E-state index in [1.807, 2.05) is 37.3 Å². The average Bonchev–Trinajstić information content (AvgIpc) is 2.30. The normalized spacial score (nSPS) is 12.4. The fraction of sp³-hybridized carbons (Fsp3) is 0.429. The summed E-state index contributed by atoms with van der Waals surface area (Å²) in [6, 6.07) is 9.93. The molecule has 0 spiro atoms. The summed E-state index contributed by atoms with van der Waals surface area (Å²) in [4.78, 5) is 0. The van der Waals surface area contributed by atoms with E-state index < -0.39 is 6.10 Å². The average molecular weight is 235 g/mol. The number of hydrogen-bond acceptors (Lipinski definition) is 3. The van der Waals surface area contributed by atoms with Gasteiger partial charge in [-0.1, -0.05) is 42.5 Å². The topological polar surface area (TPSA) is 41.5 Å². The van der Waals surface area contributed by atoms with Gasteiger partial charge < -0.3 is 15.2 Å². The molecule has 94 valence electrons. The summed E-state index contributed by atoms with van der Waals surface area (Å²) in [6.45, 7) is 7.87. The minimum absolute atomic E-state index is 0.345. The maximum absolute atomic E-state index is 9.62. The standard InChI is InChI=1S/C14H21NO2/c1-12(2)8-15-9-14(16)11-17-10-13-6-4-3-5-7-13/h3-7,14-16H,1,8-11H2,2H3. The lowest BCUT2D eigenvalue weighted by Crippen LogP contribution is -2.31. The van der Waals surface area contributed by atoms with Gasteiger partial charge in [-0.15, -0.1) is 0 Å². The lowest BCUT2D eigenvalue weighted by atomic mass is 10.2. The molecule has 1 rings (SSSR count). The van der Waals surface area contributed by atoms with Crippen molar-refractivity contribution in [2.45, 2.75) is 19.6 Å². The third-order valence-electron chi connectivity index (χ3n) is 2.23. The number of aliphatic hydroxyl groups excluding tert-OH is 1. The summed E-state index contributed by atoms with van der Waals surface area (Å²) in [5.74, 6) is 0. The Morgan fingerprint density at radius 2 is 2.12 bits per heavy atom. The number of ether oxygens (including phenoxy) is 1. The molecule has 1 unspecified atom stereocenters. The van der Waals surface area contributed by atoms with E-state index in [9.17, 15) is 5.11 Å². The Morgan fingerprint density at radius 3 is 2.76 bits per heavy atom. The van der Waals surface area contributed by atoms with Gasteiger partial charge in [0, 0.05) is 13.1 Å². The summed E-state index contributed by atoms with van der Waals surface area (Å²) in [7, 11) is 0. The SMILES string of the molecule is C=C(C)CNCC(O)COCc1ccccc1. The van der Waals surface area contributed by atoms with Crippen LogP contribution in [-0.4, -0.2) is 30.9 Å². The van der Waals surface area contributed by atoms with E-state index in [0.29, 0.717) is 19.8 Å². The van der Waals surface area contributed by atoms with Crippen LogP contribution < -0.4 is 5.32 Å². The van der Waals surface area contributed by atoms with Crippen molar-refractivity contribution >= 4 is 0 Å². The van der Waals surface area contributed by atoms with E-state index in [0.717, 1.165) is 17.7 Å². The Labute approximate surface area is 103 Å². The van der Waals surface area contributed by atoms with E-state index in [1.54, 1.807) is 0 Å². The van der Waals surface area contributed by atoms with E-state index >= 15 is 0 Å². The van der Waals surface area contributed by atoms with Crippen LogP contribution in [0.2, 0.25) is 0 Å². The molecule has 2 N–H and O–H groups in total. The van der Waals surface area contributed by atoms with Crippen LogP contribution in [0.25, 0.3) is 0 Å². The predicted octanol–water partition coefficient (Wildman–Crippen LogP) is 1.73. The molecule has 0 aliphatic rings. The minimum Gasteiger partial charge on any atom is -0.389 e. The molecule has 0 aliphatic carbocycles. The first kappa shape index (κ1) is 13.9. The lowest BCUT2D eigenvalue weighted by Gasteiger charge is -2.12. The number of nitrogens with one attached hydrogen (secondary N) is 1. The van der Waals surface area contributed by atoms with E-state index in [4.69, 9.17) is 4.74 Å². The minimum atomic E-state index is -0.474. The first-order valence-electron chi connectivity index (χ1n) is 5.83. The van der Waals surface area contributed by atoms with Crippen LogP contribution in [0.1, 0.15) is 12.5 Å². The molecular formula is C14H21NO2. The quantitative estimate of drug-likeness (QED) is 0.674. The second-order valence-corrected chi connectivity index (χ2v) is 4.24. The Balaban J connectivity index is 2.08. The summed E-state index contributed by atoms with van der Waals surface area (Å²) in [5.41, 5.74) is 2.18. The van der Waals surface area contributed by atoms with Crippen molar-refractivity contribution in [2.24, 2.45) is 0 Å². The molecule has 1 atom stereocenters. The Kier molecular flexibility index (Phi) is 6.55. The van der Waals surface area contributed by atoms with Crippen LogP contribution in [-0.2, 0) is 11.3 Å². The Bertz CT molecular complexity index is 324. The summed E-state index contributed by atoms with van der Waals surface area (Å²) in [5, 5.41) is 12.7. The molecule has 17 heavy (non-hydrogen) atoms. The maximum Gasteiger partial charge on any atom is 0.0897 e. The van der Waals surface area contributed by atoms with Crippen molar-refractivity contribution in [2.75, 3.05) is 19.7 Å². The van der Waals surface area contributed by atoms with E-state index in [1.165, 1.54) is 0 Å². The van der Waals surface area contributed by atoms with Crippen LogP contribution >= 0.6 is 0 Å². The van der Waals surface area contributed by atoms with Crippen molar-refractivity contribution in [3.8, 4) is 0 Å². The summed E-state index contributed by atoms with van der Waals surface area (Å²) in [6.07, 6.45) is -0.474. The number of hydrogen-bond donors (Lipinski definition) is 2. The molecule has 0 radical (unpaired) electrons. The zero-order chi connectivity index (χ0) is 12.5. The molecule has 1 aromatic rings. The molecule has 1 aromatic carbocycles. The molecule has 3 nitrogen and oxygen atoms in total. The molecule has 3 heteroatoms. The maximum atomic E-state index is 9.62. The largest absolute Gasteiger partial charge is 0.389 e. The van der Waals surface area contributed by atoms with Crippen molar-refractivity contribution in [1.82, 2.24) is 5.32 Å². The zero-order valence-corrected chi connectivity index (χ0v) is 10.4. The van der Waals surface area contributed by atoms with Gasteiger partial charge in [0.1, 0.15) is 0 Å². The third-order valence-corrected chi connectivity index (χ3v) is 2.23. The Morgan fingerprint density at radius 1 is 1.41 bits per heavy atom. The monoisotopic (exact) mass is 235 g/mol. The fourth-order valence-corrected chi connectivity index (χ4v) is 1.40. The lowest BCUT2D eigenvalue weighted by molar-refractivity contribution is 0.0292. The van der Waals surface area contributed by atoms with Gasteiger partial charge >= 0.3 is 0 Å². The molecule has 0 saturated carbocycles. The highest BCUT2D eigenvalue weighted by Gasteiger charge is 2.03. The molecule has 0 amide bonds. The fourth-order valence-electron chi connectivity index (χ4n) is 1.40. The molecule has 0 fully saturated rings. The third kappa shape index (κ3) is 6.89. The van der Waals surface area contributed by atoms with Crippen molar-refractivity contribution in [3.05, 3.63) is 48.0 Å². The Hall–Kier alpha value is -1.16. The highest BCUT2D eigenvalue weighted by molar-refractivity contribution is 5.13.